The number of nitrogens with zero attached hydrogens (tertiary/aromatic N) is 1. The molecule has 2 aliphatic heterocycles. The van der Waals surface area contributed by atoms with Crippen LogP contribution >= 0.6 is 0 Å². The first-order valence-electron chi connectivity index (χ1n) is 16.0. The molecule has 0 aromatic heterocycles. The van der Waals surface area contributed by atoms with Gasteiger partial charge in [-0.2, -0.15) is 0 Å². The summed E-state index contributed by atoms with van der Waals surface area (Å²) < 4.78 is 12.4. The average Bonchev–Trinajstić information content (AvgIpc) is 3.26. The molecule has 0 radical (unpaired) electrons. The van der Waals surface area contributed by atoms with Gasteiger partial charge in [0.05, 0.1) is 17.9 Å². The van der Waals surface area contributed by atoms with E-state index in [4.69, 9.17) is 14.5 Å². The molecule has 4 atom stereocenters. The fourth-order valence-electron chi connectivity index (χ4n) is 7.11. The van der Waals surface area contributed by atoms with E-state index in [0.717, 1.165) is 23.1 Å². The third kappa shape index (κ3) is 7.86. The van der Waals surface area contributed by atoms with Gasteiger partial charge in [0.15, 0.2) is 0 Å². The van der Waals surface area contributed by atoms with Gasteiger partial charge in [-0.3, -0.25) is 19.3 Å². The zero-order chi connectivity index (χ0) is 31.9. The number of aliphatic carboxylic acids is 1. The average molecular weight is 616 g/mol. The largest absolute Gasteiger partial charge is 0.508 e. The van der Waals surface area contributed by atoms with Crippen LogP contribution in [0, 0.1) is 17.8 Å². The number of phenols is 1. The van der Waals surface area contributed by atoms with Crippen LogP contribution < -0.4 is 4.74 Å². The van der Waals surface area contributed by atoms with Crippen molar-refractivity contribution in [1.29, 1.82) is 0 Å². The van der Waals surface area contributed by atoms with Crippen LogP contribution in [0.15, 0.2) is 71.3 Å². The van der Waals surface area contributed by atoms with Crippen molar-refractivity contribution in [3.05, 3.63) is 76.9 Å². The molecule has 2 aromatic carbocycles. The smallest absolute Gasteiger partial charge is 0.455 e. The van der Waals surface area contributed by atoms with Crippen LogP contribution in [0.2, 0.25) is 6.32 Å². The van der Waals surface area contributed by atoms with Crippen molar-refractivity contribution in [2.45, 2.75) is 70.7 Å². The second kappa shape index (κ2) is 14.9. The summed E-state index contributed by atoms with van der Waals surface area (Å²) in [5.74, 6) is -1.79. The number of carbonyl (C=O) groups excluding carboxylic acids is 2. The van der Waals surface area contributed by atoms with E-state index in [-0.39, 0.29) is 49.4 Å². The first-order chi connectivity index (χ1) is 21.7. The number of hydrogen-bond acceptors (Lipinski definition) is 7. The van der Waals surface area contributed by atoms with Crippen molar-refractivity contribution in [2.24, 2.45) is 17.8 Å². The number of aromatic hydroxyl groups is 1. The highest BCUT2D eigenvalue weighted by atomic mass is 16.5. The van der Waals surface area contributed by atoms with Gasteiger partial charge < -0.3 is 24.6 Å². The number of allylic oxidation sites excluding steroid dienone is 1. The summed E-state index contributed by atoms with van der Waals surface area (Å²) >= 11 is 0. The lowest BCUT2D eigenvalue weighted by molar-refractivity contribution is -0.141. The molecule has 1 aliphatic carbocycles. The molecule has 0 saturated carbocycles. The third-order valence-electron chi connectivity index (χ3n) is 9.25. The minimum Gasteiger partial charge on any atom is -0.508 e. The Morgan fingerprint density at radius 2 is 1.84 bits per heavy atom. The number of hydrogen-bond donors (Lipinski definition) is 3. The normalized spacial score (nSPS) is 23.3. The van der Waals surface area contributed by atoms with Crippen LogP contribution in [0.4, 0.5) is 0 Å². The van der Waals surface area contributed by atoms with Gasteiger partial charge in [0.2, 0.25) is 11.8 Å². The van der Waals surface area contributed by atoms with E-state index in [9.17, 15) is 24.5 Å². The molecule has 2 aromatic rings. The highest BCUT2D eigenvalue weighted by Gasteiger charge is 2.57. The molecule has 5 rings (SSSR count). The Hall–Kier alpha value is -3.89. The Morgan fingerprint density at radius 3 is 2.58 bits per heavy atom. The number of benzene rings is 2. The summed E-state index contributed by atoms with van der Waals surface area (Å²) in [6, 6.07) is 16.6. The molecule has 2 fully saturated rings. The number of phenolic OH excluding ortho intramolecular Hbond substituents is 1. The lowest BCUT2D eigenvalue weighted by Gasteiger charge is -2.43. The quantitative estimate of drug-likeness (QED) is 0.110. The highest BCUT2D eigenvalue weighted by Crippen LogP contribution is 2.50. The summed E-state index contributed by atoms with van der Waals surface area (Å²) in [4.78, 5) is 39.7. The Labute approximate surface area is 264 Å². The number of para-hydroxylation sites is 1. The van der Waals surface area contributed by atoms with Crippen molar-refractivity contribution < 1.29 is 39.0 Å². The van der Waals surface area contributed by atoms with Crippen LogP contribution in [0.3, 0.4) is 0 Å². The second-order valence-electron chi connectivity index (χ2n) is 12.2. The molecule has 0 unspecified atom stereocenters. The molecule has 0 spiro atoms. The zero-order valence-electron chi connectivity index (χ0n) is 25.8. The minimum absolute atomic E-state index is 0.0648. The van der Waals surface area contributed by atoms with Crippen molar-refractivity contribution in [3.63, 3.8) is 0 Å². The molecule has 3 aliphatic rings. The van der Waals surface area contributed by atoms with E-state index in [1.165, 1.54) is 10.5 Å². The van der Waals surface area contributed by atoms with Gasteiger partial charge in [-0.05, 0) is 91.7 Å². The monoisotopic (exact) mass is 615 g/mol. The summed E-state index contributed by atoms with van der Waals surface area (Å²) in [5, 5.41) is 29.7. The summed E-state index contributed by atoms with van der Waals surface area (Å²) in [6.07, 6.45) is 6.05. The van der Waals surface area contributed by atoms with Crippen molar-refractivity contribution in [3.8, 4) is 11.5 Å². The molecule has 2 saturated heterocycles. The molecular weight excluding hydrogens is 573 g/mol. The van der Waals surface area contributed by atoms with E-state index < -0.39 is 31.0 Å². The molecular formula is C35H42BNO8. The van der Waals surface area contributed by atoms with Crippen LogP contribution in [0.1, 0.15) is 63.9 Å². The Bertz CT molecular complexity index is 1440. The van der Waals surface area contributed by atoms with E-state index >= 15 is 0 Å². The van der Waals surface area contributed by atoms with Crippen LogP contribution in [-0.4, -0.2) is 64.3 Å². The zero-order valence-corrected chi connectivity index (χ0v) is 25.8. The van der Waals surface area contributed by atoms with E-state index in [1.807, 2.05) is 36.4 Å². The molecule has 238 valence electrons. The molecule has 2 amide bonds. The van der Waals surface area contributed by atoms with Gasteiger partial charge in [0.25, 0.3) is 0 Å². The van der Waals surface area contributed by atoms with Crippen LogP contribution in [0.25, 0.3) is 6.08 Å². The first-order valence-corrected chi connectivity index (χ1v) is 16.0. The lowest BCUT2D eigenvalue weighted by Crippen LogP contribution is -2.46. The minimum atomic E-state index is -1.06. The maximum absolute atomic E-state index is 13.8. The van der Waals surface area contributed by atoms with Gasteiger partial charge in [0.1, 0.15) is 18.1 Å². The summed E-state index contributed by atoms with van der Waals surface area (Å²) in [7, 11) is -1.06. The predicted molar refractivity (Wildman–Crippen MR) is 170 cm³/mol. The number of fused-ring (bicyclic) bond motifs is 3. The van der Waals surface area contributed by atoms with E-state index in [2.05, 4.69) is 13.0 Å². The van der Waals surface area contributed by atoms with Crippen molar-refractivity contribution >= 4 is 31.0 Å². The second-order valence-corrected chi connectivity index (χ2v) is 12.2. The Kier molecular flexibility index (Phi) is 10.8. The van der Waals surface area contributed by atoms with Gasteiger partial charge in [-0.15, -0.1) is 0 Å². The molecule has 0 bridgehead atoms. The predicted octanol–water partition coefficient (Wildman–Crippen LogP) is 5.49. The van der Waals surface area contributed by atoms with Gasteiger partial charge in [-0.1, -0.05) is 55.3 Å². The van der Waals surface area contributed by atoms with Crippen molar-refractivity contribution in [2.75, 3.05) is 13.2 Å². The number of carboxylic acids is 1. The van der Waals surface area contributed by atoms with Crippen LogP contribution in [0.5, 0.6) is 11.5 Å². The topological polar surface area (TPSA) is 134 Å². The number of amides is 2. The Morgan fingerprint density at radius 1 is 1.04 bits per heavy atom. The maximum atomic E-state index is 13.8. The highest BCUT2D eigenvalue weighted by molar-refractivity contribution is 6.43. The van der Waals surface area contributed by atoms with Crippen molar-refractivity contribution in [1.82, 2.24) is 4.90 Å². The fourth-order valence-corrected chi connectivity index (χ4v) is 7.11. The number of ether oxygens (including phenoxy) is 1. The first kappa shape index (κ1) is 32.5. The maximum Gasteiger partial charge on any atom is 0.455 e. The van der Waals surface area contributed by atoms with E-state index in [0.29, 0.717) is 44.3 Å². The standard InChI is InChI=1S/C35H42BNO8/c1-2-23(18-24-10-9-11-26(38)19-24)15-16-30-32-25(22-44-27-12-5-3-6-13-27)20-28-33(29(32)21-36(43)45-30)35(42)37(34(28)41)17-8-4-7-14-31(39)40/h3,5-6,9-13,18-19,28-30,33,38,43H,2,4,7-8,14-17,20-22H2,1H3,(H,39,40)/b23-18+/t28-,29+,30-,33-/m1/s1. The molecule has 45 heavy (non-hydrogen) atoms. The SMILES string of the molecule is CC/C(=C\c1cccc(O)c1)CC[C@H]1OB(O)C[C@H]2C1=C(COc1ccccc1)C[C@H]1C(=O)N(CCCCCC(=O)O)C(=O)[C@H]12. The number of carboxylic acid groups (broad SMARTS) is 1. The Balaban J connectivity index is 1.39. The molecule has 3 N–H and O–H groups in total. The fraction of sp³-hybridized carbons (Fsp3) is 0.457. The van der Waals surface area contributed by atoms with Gasteiger partial charge in [0, 0.05) is 13.0 Å². The molecule has 9 nitrogen and oxygen atoms in total. The number of carbonyl (C=O) groups is 3. The van der Waals surface area contributed by atoms with Crippen LogP contribution in [-0.2, 0) is 19.0 Å². The number of unbranched alkanes of at least 4 members (excludes halogenated alkanes) is 2. The summed E-state index contributed by atoms with van der Waals surface area (Å²) in [5.41, 5.74) is 3.98. The van der Waals surface area contributed by atoms with E-state index in [1.54, 1.807) is 18.2 Å². The summed E-state index contributed by atoms with van der Waals surface area (Å²) in [6.45, 7) is 2.60. The van der Waals surface area contributed by atoms with Gasteiger partial charge in [-0.25, -0.2) is 0 Å². The lowest BCUT2D eigenvalue weighted by atomic mass is 9.58. The molecule has 10 heteroatoms. The number of rotatable bonds is 14. The third-order valence-corrected chi connectivity index (χ3v) is 9.25. The number of imide groups is 1. The molecule has 2 heterocycles. The van der Waals surface area contributed by atoms with Gasteiger partial charge >= 0.3 is 13.1 Å². The number of likely N-dealkylation sites (tertiary alicyclic amines) is 1.